The molecule has 1 aliphatic carbocycles. The molecule has 104 valence electrons. The third-order valence-electron chi connectivity index (χ3n) is 4.73. The summed E-state index contributed by atoms with van der Waals surface area (Å²) in [5.41, 5.74) is 2.24. The Bertz CT molecular complexity index is 489. The van der Waals surface area contributed by atoms with Gasteiger partial charge < -0.3 is 4.90 Å². The molecule has 0 N–H and O–H groups in total. The third-order valence-corrected chi connectivity index (χ3v) is 4.73. The van der Waals surface area contributed by atoms with Crippen LogP contribution in [0.5, 0.6) is 0 Å². The molecule has 1 saturated carbocycles. The molecular formula is C15H23N3O. The van der Waals surface area contributed by atoms with E-state index in [-0.39, 0.29) is 5.91 Å². The summed E-state index contributed by atoms with van der Waals surface area (Å²) >= 11 is 0. The highest BCUT2D eigenvalue weighted by Crippen LogP contribution is 2.53. The van der Waals surface area contributed by atoms with Crippen molar-refractivity contribution < 1.29 is 4.79 Å². The maximum absolute atomic E-state index is 12.4. The van der Waals surface area contributed by atoms with Gasteiger partial charge in [0.05, 0.1) is 6.04 Å². The van der Waals surface area contributed by atoms with E-state index in [1.807, 2.05) is 22.6 Å². The molecule has 2 heterocycles. The fourth-order valence-corrected chi connectivity index (χ4v) is 3.16. The van der Waals surface area contributed by atoms with E-state index in [1.54, 1.807) is 0 Å². The molecule has 0 radical (unpaired) electrons. The molecule has 1 aromatic heterocycles. The topological polar surface area (TPSA) is 38.1 Å². The quantitative estimate of drug-likeness (QED) is 0.836. The van der Waals surface area contributed by atoms with E-state index >= 15 is 0 Å². The Kier molecular flexibility index (Phi) is 2.91. The molecule has 19 heavy (non-hydrogen) atoms. The molecule has 0 unspecified atom stereocenters. The molecule has 4 nitrogen and oxygen atoms in total. The number of nitrogens with zero attached hydrogens (tertiary/aromatic N) is 3. The van der Waals surface area contributed by atoms with Gasteiger partial charge in [-0.05, 0) is 38.7 Å². The van der Waals surface area contributed by atoms with E-state index in [4.69, 9.17) is 0 Å². The van der Waals surface area contributed by atoms with Crippen molar-refractivity contribution in [3.05, 3.63) is 17.5 Å². The Morgan fingerprint density at radius 1 is 1.37 bits per heavy atom. The van der Waals surface area contributed by atoms with Crippen LogP contribution in [0.25, 0.3) is 0 Å². The Hall–Kier alpha value is -1.32. The van der Waals surface area contributed by atoms with Gasteiger partial charge in [-0.15, -0.1) is 0 Å². The summed E-state index contributed by atoms with van der Waals surface area (Å²) in [6.45, 7) is 8.28. The van der Waals surface area contributed by atoms with Crippen molar-refractivity contribution in [3.8, 4) is 0 Å². The summed E-state index contributed by atoms with van der Waals surface area (Å²) in [5, 5.41) is 4.55. The lowest BCUT2D eigenvalue weighted by Gasteiger charge is -2.39. The molecule has 0 atom stereocenters. The Labute approximate surface area is 114 Å². The molecule has 2 fully saturated rings. The zero-order valence-electron chi connectivity index (χ0n) is 12.1. The van der Waals surface area contributed by atoms with Crippen LogP contribution in [-0.4, -0.2) is 33.7 Å². The van der Waals surface area contributed by atoms with Gasteiger partial charge in [0.2, 0.25) is 0 Å². The summed E-state index contributed by atoms with van der Waals surface area (Å²) < 4.78 is 2.03. The van der Waals surface area contributed by atoms with Gasteiger partial charge in [-0.3, -0.25) is 9.48 Å². The zero-order valence-corrected chi connectivity index (χ0v) is 12.1. The number of likely N-dealkylation sites (tertiary alicyclic amines) is 1. The average molecular weight is 261 g/mol. The Morgan fingerprint density at radius 3 is 2.53 bits per heavy atom. The highest BCUT2D eigenvalue weighted by atomic mass is 16.2. The van der Waals surface area contributed by atoms with Crippen LogP contribution in [0, 0.1) is 12.3 Å². The Balaban J connectivity index is 1.74. The summed E-state index contributed by atoms with van der Waals surface area (Å²) in [4.78, 5) is 14.3. The van der Waals surface area contributed by atoms with Gasteiger partial charge in [0.1, 0.15) is 0 Å². The Morgan fingerprint density at radius 2 is 2.00 bits per heavy atom. The van der Waals surface area contributed by atoms with Gasteiger partial charge >= 0.3 is 0 Å². The SMILES string of the molecule is CCC(CC)n1nc(C(=O)N2CC3(CC3)C2)cc1C. The van der Waals surface area contributed by atoms with E-state index in [1.165, 1.54) is 12.8 Å². The molecule has 1 amide bonds. The first-order valence-corrected chi connectivity index (χ1v) is 7.44. The van der Waals surface area contributed by atoms with Gasteiger partial charge in [0, 0.05) is 24.2 Å². The van der Waals surface area contributed by atoms with Crippen molar-refractivity contribution in [2.45, 2.75) is 52.5 Å². The molecule has 1 saturated heterocycles. The predicted molar refractivity (Wildman–Crippen MR) is 74.2 cm³/mol. The maximum Gasteiger partial charge on any atom is 0.274 e. The molecular weight excluding hydrogens is 238 g/mol. The molecule has 4 heteroatoms. The first-order chi connectivity index (χ1) is 9.08. The van der Waals surface area contributed by atoms with E-state index in [0.29, 0.717) is 17.2 Å². The lowest BCUT2D eigenvalue weighted by atomic mass is 9.96. The van der Waals surface area contributed by atoms with E-state index in [2.05, 4.69) is 18.9 Å². The highest BCUT2D eigenvalue weighted by Gasteiger charge is 2.54. The molecule has 1 aliphatic heterocycles. The monoisotopic (exact) mass is 261 g/mol. The fourth-order valence-electron chi connectivity index (χ4n) is 3.16. The van der Waals surface area contributed by atoms with Crippen LogP contribution in [-0.2, 0) is 0 Å². The van der Waals surface area contributed by atoms with Crippen LogP contribution in [0.1, 0.15) is 61.8 Å². The maximum atomic E-state index is 12.4. The third kappa shape index (κ3) is 2.07. The smallest absolute Gasteiger partial charge is 0.274 e. The van der Waals surface area contributed by atoms with Gasteiger partial charge in [-0.2, -0.15) is 5.10 Å². The largest absolute Gasteiger partial charge is 0.336 e. The highest BCUT2D eigenvalue weighted by molar-refractivity contribution is 5.93. The zero-order chi connectivity index (χ0) is 13.6. The molecule has 1 spiro atoms. The van der Waals surface area contributed by atoms with Crippen molar-refractivity contribution in [1.29, 1.82) is 0 Å². The number of carbonyl (C=O) groups is 1. The van der Waals surface area contributed by atoms with Gasteiger partial charge in [0.15, 0.2) is 5.69 Å². The number of rotatable bonds is 4. The van der Waals surface area contributed by atoms with Crippen LogP contribution < -0.4 is 0 Å². The summed E-state index contributed by atoms with van der Waals surface area (Å²) in [5.74, 6) is 0.116. The van der Waals surface area contributed by atoms with Crippen LogP contribution in [0.3, 0.4) is 0 Å². The second-order valence-corrected chi connectivity index (χ2v) is 6.25. The number of aromatic nitrogens is 2. The van der Waals surface area contributed by atoms with Crippen LogP contribution in [0.2, 0.25) is 0 Å². The first-order valence-electron chi connectivity index (χ1n) is 7.44. The minimum Gasteiger partial charge on any atom is -0.336 e. The minimum atomic E-state index is 0.116. The molecule has 1 aromatic rings. The first kappa shape index (κ1) is 12.7. The standard InChI is InChI=1S/C15H23N3O/c1-4-12(5-2)18-11(3)8-13(16-18)14(19)17-9-15(10-17)6-7-15/h8,12H,4-7,9-10H2,1-3H3. The van der Waals surface area contributed by atoms with Crippen molar-refractivity contribution in [1.82, 2.24) is 14.7 Å². The van der Waals surface area contributed by atoms with Crippen LogP contribution in [0.4, 0.5) is 0 Å². The lowest BCUT2D eigenvalue weighted by molar-refractivity contribution is 0.0435. The molecule has 3 rings (SSSR count). The van der Waals surface area contributed by atoms with Crippen molar-refractivity contribution in [2.75, 3.05) is 13.1 Å². The second-order valence-electron chi connectivity index (χ2n) is 6.25. The number of hydrogen-bond acceptors (Lipinski definition) is 2. The predicted octanol–water partition coefficient (Wildman–Crippen LogP) is 2.79. The number of aryl methyl sites for hydroxylation is 1. The molecule has 0 aromatic carbocycles. The molecule has 0 bridgehead atoms. The second kappa shape index (κ2) is 4.36. The minimum absolute atomic E-state index is 0.116. The fraction of sp³-hybridized carbons (Fsp3) is 0.733. The van der Waals surface area contributed by atoms with E-state index in [9.17, 15) is 4.79 Å². The van der Waals surface area contributed by atoms with Crippen LogP contribution >= 0.6 is 0 Å². The lowest BCUT2D eigenvalue weighted by Crippen LogP contribution is -2.51. The van der Waals surface area contributed by atoms with Crippen molar-refractivity contribution in [3.63, 3.8) is 0 Å². The van der Waals surface area contributed by atoms with E-state index in [0.717, 1.165) is 31.6 Å². The normalized spacial score (nSPS) is 19.9. The van der Waals surface area contributed by atoms with Gasteiger partial charge in [0.25, 0.3) is 5.91 Å². The average Bonchev–Trinajstić information content (AvgIpc) is 3.08. The van der Waals surface area contributed by atoms with Gasteiger partial charge in [-0.25, -0.2) is 0 Å². The summed E-state index contributed by atoms with van der Waals surface area (Å²) in [6.07, 6.45) is 4.72. The number of hydrogen-bond donors (Lipinski definition) is 0. The molecule has 2 aliphatic rings. The summed E-state index contributed by atoms with van der Waals surface area (Å²) in [7, 11) is 0. The van der Waals surface area contributed by atoms with Gasteiger partial charge in [-0.1, -0.05) is 13.8 Å². The summed E-state index contributed by atoms with van der Waals surface area (Å²) in [6, 6.07) is 2.35. The number of amides is 1. The van der Waals surface area contributed by atoms with Crippen LogP contribution in [0.15, 0.2) is 6.07 Å². The van der Waals surface area contributed by atoms with Crippen molar-refractivity contribution in [2.24, 2.45) is 5.41 Å². The van der Waals surface area contributed by atoms with Crippen molar-refractivity contribution >= 4 is 5.91 Å². The van der Waals surface area contributed by atoms with E-state index < -0.39 is 0 Å². The number of carbonyl (C=O) groups excluding carboxylic acids is 1.